The van der Waals surface area contributed by atoms with Crippen LogP contribution in [-0.4, -0.2) is 17.1 Å². The molecule has 82 valence electrons. The fraction of sp³-hybridized carbons (Fsp3) is 0.222. The third-order valence-electron chi connectivity index (χ3n) is 1.98. The Morgan fingerprint density at radius 3 is 2.53 bits per heavy atom. The molecule has 0 aliphatic carbocycles. The molecule has 0 spiro atoms. The fourth-order valence-electron chi connectivity index (χ4n) is 1.16. The highest BCUT2D eigenvalue weighted by molar-refractivity contribution is 5.75. The van der Waals surface area contributed by atoms with Gasteiger partial charge in [0.1, 0.15) is 11.8 Å². The molecular formula is C9H13N3O3. The summed E-state index contributed by atoms with van der Waals surface area (Å²) in [6.07, 6.45) is 0.340. The number of aromatic hydroxyl groups is 1. The second-order valence-electron chi connectivity index (χ2n) is 3.03. The van der Waals surface area contributed by atoms with Crippen molar-refractivity contribution in [2.45, 2.75) is 12.5 Å². The van der Waals surface area contributed by atoms with Crippen molar-refractivity contribution in [2.75, 3.05) is 0 Å². The number of hydrogen-bond acceptors (Lipinski definition) is 6. The van der Waals surface area contributed by atoms with Crippen LogP contribution >= 0.6 is 0 Å². The first-order valence-corrected chi connectivity index (χ1v) is 4.32. The predicted molar refractivity (Wildman–Crippen MR) is 53.2 cm³/mol. The highest BCUT2D eigenvalue weighted by atomic mass is 16.7. The smallest absolute Gasteiger partial charge is 0.343 e. The monoisotopic (exact) mass is 211 g/mol. The van der Waals surface area contributed by atoms with Gasteiger partial charge in [-0.1, -0.05) is 12.1 Å². The van der Waals surface area contributed by atoms with E-state index in [0.29, 0.717) is 6.42 Å². The van der Waals surface area contributed by atoms with Crippen LogP contribution < -0.4 is 17.2 Å². The third-order valence-corrected chi connectivity index (χ3v) is 1.98. The Balaban J connectivity index is 2.66. The standard InChI is InChI=1S/C9H13N3O3/c10-12-8(9(14)15-11)5-6-1-3-7(13)4-2-6/h1-4,8,12-13H,5,10-11H2/t8-/m0/s1. The molecule has 15 heavy (non-hydrogen) atoms. The van der Waals surface area contributed by atoms with Gasteiger partial charge in [-0.25, -0.2) is 10.2 Å². The lowest BCUT2D eigenvalue weighted by Crippen LogP contribution is -2.44. The number of phenolic OH excluding ortho intramolecular Hbond substituents is 1. The Bertz CT molecular complexity index is 326. The second kappa shape index (κ2) is 5.30. The van der Waals surface area contributed by atoms with E-state index < -0.39 is 12.0 Å². The summed E-state index contributed by atoms with van der Waals surface area (Å²) in [4.78, 5) is 15.1. The molecule has 0 heterocycles. The van der Waals surface area contributed by atoms with Crippen LogP contribution in [0, 0.1) is 0 Å². The van der Waals surface area contributed by atoms with Crippen molar-refractivity contribution >= 4 is 5.97 Å². The maximum Gasteiger partial charge on any atom is 0.343 e. The first kappa shape index (κ1) is 11.4. The Kier molecular flexibility index (Phi) is 4.04. The number of phenols is 1. The summed E-state index contributed by atoms with van der Waals surface area (Å²) < 4.78 is 0. The van der Waals surface area contributed by atoms with Crippen molar-refractivity contribution < 1.29 is 14.7 Å². The van der Waals surface area contributed by atoms with Gasteiger partial charge in [0.05, 0.1) is 0 Å². The van der Waals surface area contributed by atoms with Gasteiger partial charge in [0.15, 0.2) is 0 Å². The molecule has 1 aromatic rings. The molecule has 1 aromatic carbocycles. The minimum atomic E-state index is -0.695. The van der Waals surface area contributed by atoms with Crippen molar-refractivity contribution in [3.05, 3.63) is 29.8 Å². The summed E-state index contributed by atoms with van der Waals surface area (Å²) in [7, 11) is 0. The second-order valence-corrected chi connectivity index (χ2v) is 3.03. The molecular weight excluding hydrogens is 198 g/mol. The molecule has 1 rings (SSSR count). The maximum atomic E-state index is 11.1. The number of rotatable bonds is 4. The summed E-state index contributed by atoms with van der Waals surface area (Å²) in [6.45, 7) is 0. The van der Waals surface area contributed by atoms with E-state index in [9.17, 15) is 4.79 Å². The first-order chi connectivity index (χ1) is 7.17. The van der Waals surface area contributed by atoms with E-state index in [4.69, 9.17) is 16.8 Å². The molecule has 0 saturated heterocycles. The molecule has 0 unspecified atom stereocenters. The molecule has 0 aromatic heterocycles. The highest BCUT2D eigenvalue weighted by Crippen LogP contribution is 2.11. The van der Waals surface area contributed by atoms with Gasteiger partial charge in [-0.2, -0.15) is 5.90 Å². The van der Waals surface area contributed by atoms with E-state index in [1.165, 1.54) is 12.1 Å². The van der Waals surface area contributed by atoms with Crippen LogP contribution in [0.25, 0.3) is 0 Å². The van der Waals surface area contributed by atoms with E-state index in [-0.39, 0.29) is 5.75 Å². The largest absolute Gasteiger partial charge is 0.508 e. The Labute approximate surface area is 86.7 Å². The zero-order chi connectivity index (χ0) is 11.3. The van der Waals surface area contributed by atoms with Crippen LogP contribution in [0.1, 0.15) is 5.56 Å². The quantitative estimate of drug-likeness (QED) is 0.382. The zero-order valence-corrected chi connectivity index (χ0v) is 8.01. The number of nitrogens with two attached hydrogens (primary N) is 2. The van der Waals surface area contributed by atoms with E-state index >= 15 is 0 Å². The lowest BCUT2D eigenvalue weighted by molar-refractivity contribution is -0.146. The topological polar surface area (TPSA) is 111 Å². The van der Waals surface area contributed by atoms with E-state index in [0.717, 1.165) is 5.56 Å². The number of carbonyl (C=O) groups is 1. The van der Waals surface area contributed by atoms with Gasteiger partial charge < -0.3 is 9.94 Å². The number of carbonyl (C=O) groups excluding carboxylic acids is 1. The predicted octanol–water partition coefficient (Wildman–Crippen LogP) is -0.817. The van der Waals surface area contributed by atoms with Crippen LogP contribution in [0.5, 0.6) is 5.75 Å². The molecule has 1 atom stereocenters. The molecule has 6 N–H and O–H groups in total. The molecule has 0 saturated carbocycles. The highest BCUT2D eigenvalue weighted by Gasteiger charge is 2.18. The first-order valence-electron chi connectivity index (χ1n) is 4.32. The van der Waals surface area contributed by atoms with Gasteiger partial charge in [0.25, 0.3) is 0 Å². The summed E-state index contributed by atoms with van der Waals surface area (Å²) >= 11 is 0. The van der Waals surface area contributed by atoms with Crippen molar-refractivity contribution in [1.82, 2.24) is 5.43 Å². The SMILES string of the molecule is NN[C@@H](Cc1ccc(O)cc1)C(=O)ON. The molecule has 0 fully saturated rings. The molecule has 6 heteroatoms. The van der Waals surface area contributed by atoms with E-state index in [2.05, 4.69) is 10.3 Å². The van der Waals surface area contributed by atoms with Crippen molar-refractivity contribution in [1.29, 1.82) is 0 Å². The summed E-state index contributed by atoms with van der Waals surface area (Å²) in [5.74, 6) is 9.44. The summed E-state index contributed by atoms with van der Waals surface area (Å²) in [5.41, 5.74) is 3.13. The molecule has 0 bridgehead atoms. The average molecular weight is 211 g/mol. The fourth-order valence-corrected chi connectivity index (χ4v) is 1.16. The van der Waals surface area contributed by atoms with Crippen LogP contribution in [0.2, 0.25) is 0 Å². The van der Waals surface area contributed by atoms with Crippen LogP contribution in [0.4, 0.5) is 0 Å². The minimum Gasteiger partial charge on any atom is -0.508 e. The Hall–Kier alpha value is -1.63. The van der Waals surface area contributed by atoms with Gasteiger partial charge >= 0.3 is 5.97 Å². The number of hydrazine groups is 1. The van der Waals surface area contributed by atoms with Crippen molar-refractivity contribution in [3.8, 4) is 5.75 Å². The number of hydrogen-bond donors (Lipinski definition) is 4. The average Bonchev–Trinajstić information content (AvgIpc) is 2.27. The zero-order valence-electron chi connectivity index (χ0n) is 8.01. The van der Waals surface area contributed by atoms with Crippen LogP contribution in [0.3, 0.4) is 0 Å². The third kappa shape index (κ3) is 3.21. The van der Waals surface area contributed by atoms with Gasteiger partial charge in [-0.15, -0.1) is 0 Å². The number of benzene rings is 1. The van der Waals surface area contributed by atoms with Crippen molar-refractivity contribution in [3.63, 3.8) is 0 Å². The minimum absolute atomic E-state index is 0.164. The summed E-state index contributed by atoms with van der Waals surface area (Å²) in [6, 6.07) is 5.72. The lowest BCUT2D eigenvalue weighted by Gasteiger charge is -2.12. The van der Waals surface area contributed by atoms with Gasteiger partial charge in [-0.05, 0) is 24.1 Å². The Morgan fingerprint density at radius 2 is 2.07 bits per heavy atom. The van der Waals surface area contributed by atoms with Crippen LogP contribution in [-0.2, 0) is 16.1 Å². The molecule has 6 nitrogen and oxygen atoms in total. The Morgan fingerprint density at radius 1 is 1.47 bits per heavy atom. The molecule has 0 radical (unpaired) electrons. The van der Waals surface area contributed by atoms with Gasteiger partial charge in [-0.3, -0.25) is 5.84 Å². The van der Waals surface area contributed by atoms with E-state index in [1.54, 1.807) is 12.1 Å². The van der Waals surface area contributed by atoms with Gasteiger partial charge in [0, 0.05) is 0 Å². The lowest BCUT2D eigenvalue weighted by atomic mass is 10.1. The normalized spacial score (nSPS) is 12.1. The maximum absolute atomic E-state index is 11.1. The van der Waals surface area contributed by atoms with E-state index in [1.807, 2.05) is 0 Å². The van der Waals surface area contributed by atoms with Gasteiger partial charge in [0.2, 0.25) is 0 Å². The summed E-state index contributed by atoms with van der Waals surface area (Å²) in [5, 5.41) is 9.05. The molecule has 0 amide bonds. The molecule has 0 aliphatic heterocycles. The molecule has 0 aliphatic rings. The number of nitrogens with one attached hydrogen (secondary N) is 1. The van der Waals surface area contributed by atoms with Crippen molar-refractivity contribution in [2.24, 2.45) is 11.7 Å². The van der Waals surface area contributed by atoms with Crippen LogP contribution in [0.15, 0.2) is 24.3 Å².